The largest absolute Gasteiger partial charge is 0.330 e. The van der Waals surface area contributed by atoms with E-state index in [1.807, 2.05) is 18.2 Å². The molecule has 5 heteroatoms. The van der Waals surface area contributed by atoms with Gasteiger partial charge in [-0.1, -0.05) is 36.4 Å². The number of nitrogens with zero attached hydrogens (tertiary/aromatic N) is 1. The van der Waals surface area contributed by atoms with Crippen LogP contribution in [0.15, 0.2) is 54.6 Å². The SMILES string of the molecule is Cl.N[C@@H]1CCCN(C(=O)c2ccccc2)[C@H]1c1ccccc1F. The van der Waals surface area contributed by atoms with Gasteiger partial charge in [0.25, 0.3) is 5.91 Å². The zero-order valence-electron chi connectivity index (χ0n) is 12.7. The zero-order chi connectivity index (χ0) is 15.5. The monoisotopic (exact) mass is 334 g/mol. The average Bonchev–Trinajstić information content (AvgIpc) is 2.56. The summed E-state index contributed by atoms with van der Waals surface area (Å²) in [7, 11) is 0. The molecule has 0 bridgehead atoms. The highest BCUT2D eigenvalue weighted by Gasteiger charge is 2.35. The molecular formula is C18H20ClFN2O. The second-order valence-corrected chi connectivity index (χ2v) is 5.64. The number of benzene rings is 2. The number of carbonyl (C=O) groups is 1. The first-order valence-corrected chi connectivity index (χ1v) is 7.54. The Morgan fingerprint density at radius 1 is 1.09 bits per heavy atom. The molecule has 0 radical (unpaired) electrons. The van der Waals surface area contributed by atoms with Gasteiger partial charge in [-0.05, 0) is 31.0 Å². The number of hydrogen-bond donors (Lipinski definition) is 1. The smallest absolute Gasteiger partial charge is 0.254 e. The molecule has 122 valence electrons. The van der Waals surface area contributed by atoms with Crippen molar-refractivity contribution in [1.29, 1.82) is 0 Å². The van der Waals surface area contributed by atoms with Crippen molar-refractivity contribution in [3.8, 4) is 0 Å². The molecule has 0 saturated carbocycles. The van der Waals surface area contributed by atoms with Crippen LogP contribution >= 0.6 is 12.4 Å². The van der Waals surface area contributed by atoms with Crippen molar-refractivity contribution in [2.45, 2.75) is 24.9 Å². The Balaban J connectivity index is 0.00000192. The summed E-state index contributed by atoms with van der Waals surface area (Å²) in [5.74, 6) is -0.403. The van der Waals surface area contributed by atoms with Crippen molar-refractivity contribution in [2.24, 2.45) is 5.73 Å². The minimum Gasteiger partial charge on any atom is -0.330 e. The zero-order valence-corrected chi connectivity index (χ0v) is 13.5. The average molecular weight is 335 g/mol. The van der Waals surface area contributed by atoms with Gasteiger partial charge in [0.05, 0.1) is 6.04 Å². The molecule has 1 aliphatic rings. The number of likely N-dealkylation sites (tertiary alicyclic amines) is 1. The number of hydrogen-bond acceptors (Lipinski definition) is 2. The molecule has 3 rings (SSSR count). The predicted octanol–water partition coefficient (Wildman–Crippen LogP) is 3.55. The summed E-state index contributed by atoms with van der Waals surface area (Å²) in [6, 6.07) is 15.0. The number of rotatable bonds is 2. The van der Waals surface area contributed by atoms with Gasteiger partial charge in [-0.25, -0.2) is 4.39 Å². The summed E-state index contributed by atoms with van der Waals surface area (Å²) in [4.78, 5) is 14.5. The molecule has 2 aromatic carbocycles. The Hall–Kier alpha value is -1.91. The maximum absolute atomic E-state index is 14.2. The first kappa shape index (κ1) is 17.4. The van der Waals surface area contributed by atoms with E-state index in [0.717, 1.165) is 12.8 Å². The van der Waals surface area contributed by atoms with Gasteiger partial charge in [0.1, 0.15) is 5.82 Å². The molecule has 2 atom stereocenters. The van der Waals surface area contributed by atoms with Crippen molar-refractivity contribution >= 4 is 18.3 Å². The van der Waals surface area contributed by atoms with E-state index in [1.54, 1.807) is 35.2 Å². The number of amides is 1. The molecule has 0 spiro atoms. The van der Waals surface area contributed by atoms with E-state index in [1.165, 1.54) is 6.07 Å². The molecule has 1 saturated heterocycles. The van der Waals surface area contributed by atoms with Gasteiger partial charge in [-0.2, -0.15) is 0 Å². The Bertz CT molecular complexity index is 665. The molecule has 1 fully saturated rings. The summed E-state index contributed by atoms with van der Waals surface area (Å²) in [5.41, 5.74) is 7.33. The van der Waals surface area contributed by atoms with Crippen LogP contribution in [0.4, 0.5) is 4.39 Å². The van der Waals surface area contributed by atoms with Gasteiger partial charge < -0.3 is 10.6 Å². The summed E-state index contributed by atoms with van der Waals surface area (Å²) in [6.07, 6.45) is 1.63. The fraction of sp³-hybridized carbons (Fsp3) is 0.278. The van der Waals surface area contributed by atoms with Crippen LogP contribution in [0, 0.1) is 5.82 Å². The van der Waals surface area contributed by atoms with Gasteiger partial charge in [0.2, 0.25) is 0 Å². The number of nitrogens with two attached hydrogens (primary N) is 1. The van der Waals surface area contributed by atoms with Crippen molar-refractivity contribution in [3.05, 3.63) is 71.5 Å². The first-order chi connectivity index (χ1) is 10.7. The fourth-order valence-electron chi connectivity index (χ4n) is 3.11. The topological polar surface area (TPSA) is 46.3 Å². The van der Waals surface area contributed by atoms with Gasteiger partial charge in [-0.3, -0.25) is 4.79 Å². The molecule has 2 N–H and O–H groups in total. The van der Waals surface area contributed by atoms with Crippen LogP contribution in [-0.2, 0) is 0 Å². The van der Waals surface area contributed by atoms with Crippen LogP contribution in [0.1, 0.15) is 34.8 Å². The number of halogens is 2. The number of piperidine rings is 1. The third-order valence-corrected chi connectivity index (χ3v) is 4.18. The molecule has 0 aromatic heterocycles. The lowest BCUT2D eigenvalue weighted by Crippen LogP contribution is -2.48. The van der Waals surface area contributed by atoms with Crippen LogP contribution in [0.3, 0.4) is 0 Å². The molecule has 1 heterocycles. The van der Waals surface area contributed by atoms with Crippen molar-refractivity contribution < 1.29 is 9.18 Å². The minimum absolute atomic E-state index is 0. The van der Waals surface area contributed by atoms with Gasteiger partial charge in [-0.15, -0.1) is 12.4 Å². The molecule has 1 aliphatic heterocycles. The maximum atomic E-state index is 14.2. The Kier molecular flexibility index (Phi) is 5.74. The summed E-state index contributed by atoms with van der Waals surface area (Å²) in [5, 5.41) is 0. The molecule has 0 aliphatic carbocycles. The molecule has 3 nitrogen and oxygen atoms in total. The third kappa shape index (κ3) is 3.54. The standard InChI is InChI=1S/C18H19FN2O.ClH/c19-15-10-5-4-9-14(15)17-16(20)11-6-12-21(17)18(22)13-7-2-1-3-8-13;/h1-5,7-10,16-17H,6,11-12,20H2;1H/t16-,17+;/m1./s1. The summed E-state index contributed by atoms with van der Waals surface area (Å²) >= 11 is 0. The van der Waals surface area contributed by atoms with E-state index >= 15 is 0 Å². The second kappa shape index (κ2) is 7.57. The highest BCUT2D eigenvalue weighted by atomic mass is 35.5. The van der Waals surface area contributed by atoms with E-state index in [9.17, 15) is 9.18 Å². The van der Waals surface area contributed by atoms with Crippen molar-refractivity contribution in [1.82, 2.24) is 4.90 Å². The summed E-state index contributed by atoms with van der Waals surface area (Å²) in [6.45, 7) is 0.598. The van der Waals surface area contributed by atoms with Gasteiger partial charge in [0.15, 0.2) is 0 Å². The van der Waals surface area contributed by atoms with Crippen LogP contribution in [-0.4, -0.2) is 23.4 Å². The van der Waals surface area contributed by atoms with E-state index < -0.39 is 6.04 Å². The van der Waals surface area contributed by atoms with Crippen LogP contribution < -0.4 is 5.73 Å². The molecule has 23 heavy (non-hydrogen) atoms. The second-order valence-electron chi connectivity index (χ2n) is 5.64. The van der Waals surface area contributed by atoms with Crippen molar-refractivity contribution in [2.75, 3.05) is 6.54 Å². The normalized spacial score (nSPS) is 20.7. The molecule has 0 unspecified atom stereocenters. The quantitative estimate of drug-likeness (QED) is 0.913. The third-order valence-electron chi connectivity index (χ3n) is 4.18. The highest BCUT2D eigenvalue weighted by molar-refractivity contribution is 5.94. The Labute approximate surface area is 141 Å². The number of carbonyl (C=O) groups excluding carboxylic acids is 1. The van der Waals surface area contributed by atoms with E-state index in [-0.39, 0.29) is 30.2 Å². The van der Waals surface area contributed by atoms with E-state index in [2.05, 4.69) is 0 Å². The van der Waals surface area contributed by atoms with E-state index in [0.29, 0.717) is 17.7 Å². The van der Waals surface area contributed by atoms with E-state index in [4.69, 9.17) is 5.73 Å². The van der Waals surface area contributed by atoms with Crippen molar-refractivity contribution in [3.63, 3.8) is 0 Å². The molecule has 2 aromatic rings. The maximum Gasteiger partial charge on any atom is 0.254 e. The van der Waals surface area contributed by atoms with Gasteiger partial charge >= 0.3 is 0 Å². The lowest BCUT2D eigenvalue weighted by Gasteiger charge is -2.40. The highest BCUT2D eigenvalue weighted by Crippen LogP contribution is 2.32. The first-order valence-electron chi connectivity index (χ1n) is 7.54. The minimum atomic E-state index is -0.414. The predicted molar refractivity (Wildman–Crippen MR) is 91.1 cm³/mol. The lowest BCUT2D eigenvalue weighted by molar-refractivity contribution is 0.0571. The van der Waals surface area contributed by atoms with Gasteiger partial charge in [0, 0.05) is 23.7 Å². The van der Waals surface area contributed by atoms with Crippen LogP contribution in [0.2, 0.25) is 0 Å². The lowest BCUT2D eigenvalue weighted by atomic mass is 9.90. The van der Waals surface area contributed by atoms with Crippen LogP contribution in [0.5, 0.6) is 0 Å². The van der Waals surface area contributed by atoms with Crippen LogP contribution in [0.25, 0.3) is 0 Å². The fourth-order valence-corrected chi connectivity index (χ4v) is 3.11. The Morgan fingerprint density at radius 3 is 2.43 bits per heavy atom. The Morgan fingerprint density at radius 2 is 1.74 bits per heavy atom. The molecular weight excluding hydrogens is 315 g/mol. The molecule has 1 amide bonds. The summed E-state index contributed by atoms with van der Waals surface area (Å²) < 4.78 is 14.2.